The van der Waals surface area contributed by atoms with Crippen LogP contribution in [0.3, 0.4) is 0 Å². The summed E-state index contributed by atoms with van der Waals surface area (Å²) in [5, 5.41) is 1.65. The Morgan fingerprint density at radius 3 is 2.41 bits per heavy atom. The second kappa shape index (κ2) is 9.12. The first kappa shape index (κ1) is 22.4. The normalized spacial score (nSPS) is 21.7. The van der Waals surface area contributed by atoms with Crippen molar-refractivity contribution in [2.45, 2.75) is 19.1 Å². The summed E-state index contributed by atoms with van der Waals surface area (Å²) >= 11 is 3.53. The molecule has 5 rings (SSSR count). The molecule has 8 heteroatoms. The van der Waals surface area contributed by atoms with E-state index in [1.54, 1.807) is 30.4 Å². The number of methoxy groups -OCH3 is 1. The highest BCUT2D eigenvalue weighted by molar-refractivity contribution is 9.10. The Bertz CT molecular complexity index is 1230. The summed E-state index contributed by atoms with van der Waals surface area (Å²) < 4.78 is 12.2. The highest BCUT2D eigenvalue weighted by Crippen LogP contribution is 2.50. The number of hydrogen-bond acceptors (Lipinski definition) is 6. The Hall–Kier alpha value is -3.36. The van der Waals surface area contributed by atoms with Crippen LogP contribution in [0.5, 0.6) is 11.5 Å². The van der Waals surface area contributed by atoms with Gasteiger partial charge in [-0.3, -0.25) is 14.4 Å². The fourth-order valence-corrected chi connectivity index (χ4v) is 5.00. The highest BCUT2D eigenvalue weighted by atomic mass is 79.9. The first-order valence-electron chi connectivity index (χ1n) is 11.0. The van der Waals surface area contributed by atoms with Crippen molar-refractivity contribution in [1.29, 1.82) is 0 Å². The van der Waals surface area contributed by atoms with Gasteiger partial charge < -0.3 is 9.47 Å². The molecule has 2 fully saturated rings. The molecule has 3 aromatic carbocycles. The second-order valence-electron chi connectivity index (χ2n) is 7.96. The van der Waals surface area contributed by atoms with Crippen molar-refractivity contribution in [3.63, 3.8) is 0 Å². The summed E-state index contributed by atoms with van der Waals surface area (Å²) in [5.41, 5.74) is 1.91. The number of halogens is 1. The van der Waals surface area contributed by atoms with Crippen LogP contribution in [0, 0.1) is 5.92 Å². The molecule has 3 atom stereocenters. The SMILES string of the molecule is CCOc1ccccc1N1C(=O)[C@@H]2[C@H](ON(c3ccccc3)[C@@H]2c2cc(Br)ccc2OC)C1=O. The number of rotatable bonds is 6. The Balaban J connectivity index is 1.63. The van der Waals surface area contributed by atoms with Crippen LogP contribution in [-0.4, -0.2) is 31.6 Å². The monoisotopic (exact) mass is 522 g/mol. The number of para-hydroxylation sites is 3. The molecular weight excluding hydrogens is 500 g/mol. The number of amides is 2. The molecule has 2 amide bonds. The van der Waals surface area contributed by atoms with E-state index in [-0.39, 0.29) is 5.91 Å². The summed E-state index contributed by atoms with van der Waals surface area (Å²) in [4.78, 5) is 34.9. The number of imide groups is 1. The van der Waals surface area contributed by atoms with Crippen LogP contribution < -0.4 is 19.4 Å². The Morgan fingerprint density at radius 1 is 0.941 bits per heavy atom. The van der Waals surface area contributed by atoms with Crippen molar-refractivity contribution < 1.29 is 23.9 Å². The number of hydrogen-bond donors (Lipinski definition) is 0. The average molecular weight is 523 g/mol. The number of benzene rings is 3. The molecule has 0 N–H and O–H groups in total. The molecule has 0 bridgehead atoms. The van der Waals surface area contributed by atoms with Crippen molar-refractivity contribution in [2.75, 3.05) is 23.7 Å². The smallest absolute Gasteiger partial charge is 0.266 e. The summed E-state index contributed by atoms with van der Waals surface area (Å²) in [6.07, 6.45) is -0.976. The molecule has 7 nitrogen and oxygen atoms in total. The molecule has 2 saturated heterocycles. The predicted molar refractivity (Wildman–Crippen MR) is 131 cm³/mol. The summed E-state index contributed by atoms with van der Waals surface area (Å²) in [5.74, 6) is -0.451. The van der Waals surface area contributed by atoms with Crippen molar-refractivity contribution in [3.05, 3.63) is 82.8 Å². The minimum atomic E-state index is -0.976. The van der Waals surface area contributed by atoms with E-state index in [0.717, 1.165) is 15.7 Å². The van der Waals surface area contributed by atoms with E-state index in [1.807, 2.05) is 61.5 Å². The Labute approximate surface area is 205 Å². The molecule has 34 heavy (non-hydrogen) atoms. The first-order valence-corrected chi connectivity index (χ1v) is 11.8. The van der Waals surface area contributed by atoms with Gasteiger partial charge in [0.25, 0.3) is 5.91 Å². The molecule has 174 valence electrons. The van der Waals surface area contributed by atoms with Crippen LogP contribution in [0.1, 0.15) is 18.5 Å². The molecule has 2 aliphatic heterocycles. The van der Waals surface area contributed by atoms with Gasteiger partial charge in [-0.1, -0.05) is 46.3 Å². The third kappa shape index (κ3) is 3.63. The first-order chi connectivity index (χ1) is 16.5. The lowest BCUT2D eigenvalue weighted by Crippen LogP contribution is -2.37. The zero-order valence-electron chi connectivity index (χ0n) is 18.7. The quantitative estimate of drug-likeness (QED) is 0.428. The molecule has 0 radical (unpaired) electrons. The van der Waals surface area contributed by atoms with Gasteiger partial charge in [0.2, 0.25) is 5.91 Å². The molecule has 0 aliphatic carbocycles. The maximum Gasteiger partial charge on any atom is 0.266 e. The van der Waals surface area contributed by atoms with Crippen LogP contribution in [-0.2, 0) is 14.4 Å². The van der Waals surface area contributed by atoms with Gasteiger partial charge in [0, 0.05) is 10.0 Å². The second-order valence-corrected chi connectivity index (χ2v) is 8.87. The van der Waals surface area contributed by atoms with E-state index in [9.17, 15) is 9.59 Å². The van der Waals surface area contributed by atoms with Crippen LogP contribution in [0.2, 0.25) is 0 Å². The van der Waals surface area contributed by atoms with Crippen LogP contribution in [0.4, 0.5) is 11.4 Å². The van der Waals surface area contributed by atoms with Gasteiger partial charge in [0.15, 0.2) is 6.10 Å². The van der Waals surface area contributed by atoms with Gasteiger partial charge in [-0.15, -0.1) is 0 Å². The van der Waals surface area contributed by atoms with Crippen LogP contribution in [0.15, 0.2) is 77.3 Å². The summed E-state index contributed by atoms with van der Waals surface area (Å²) in [6.45, 7) is 2.27. The van der Waals surface area contributed by atoms with Gasteiger partial charge in [-0.25, -0.2) is 9.96 Å². The Morgan fingerprint density at radius 2 is 1.68 bits per heavy atom. The van der Waals surface area contributed by atoms with Gasteiger partial charge in [-0.05, 0) is 49.4 Å². The fraction of sp³-hybridized carbons (Fsp3) is 0.231. The number of carbonyl (C=O) groups excluding carboxylic acids is 2. The summed E-state index contributed by atoms with van der Waals surface area (Å²) in [7, 11) is 1.58. The lowest BCUT2D eigenvalue weighted by atomic mass is 9.90. The molecule has 2 heterocycles. The minimum absolute atomic E-state index is 0.340. The average Bonchev–Trinajstić information content (AvgIpc) is 3.36. The van der Waals surface area contributed by atoms with Crippen molar-refractivity contribution in [2.24, 2.45) is 5.92 Å². The largest absolute Gasteiger partial charge is 0.496 e. The van der Waals surface area contributed by atoms with E-state index < -0.39 is 24.0 Å². The molecule has 0 spiro atoms. The van der Waals surface area contributed by atoms with E-state index in [0.29, 0.717) is 23.8 Å². The predicted octanol–water partition coefficient (Wildman–Crippen LogP) is 4.91. The lowest BCUT2D eigenvalue weighted by Gasteiger charge is -2.30. The summed E-state index contributed by atoms with van der Waals surface area (Å²) in [6, 6.07) is 21.5. The fourth-order valence-electron chi connectivity index (χ4n) is 4.62. The maximum absolute atomic E-state index is 13.9. The number of fused-ring (bicyclic) bond motifs is 1. The highest BCUT2D eigenvalue weighted by Gasteiger charge is 2.61. The van der Waals surface area contributed by atoms with Crippen molar-refractivity contribution in [3.8, 4) is 11.5 Å². The van der Waals surface area contributed by atoms with E-state index in [2.05, 4.69) is 15.9 Å². The standard InChI is InChI=1S/C26H23BrN2O5/c1-3-33-21-12-8-7-11-19(21)28-25(30)22-23(18-15-16(27)13-14-20(18)32-2)29(34-24(22)26(28)31)17-9-5-4-6-10-17/h4-15,22-24H,3H2,1-2H3/t22-,23+,24-/m0/s1. The zero-order valence-corrected chi connectivity index (χ0v) is 20.3. The molecule has 0 aromatic heterocycles. The van der Waals surface area contributed by atoms with Gasteiger partial charge >= 0.3 is 0 Å². The van der Waals surface area contributed by atoms with Crippen LogP contribution >= 0.6 is 15.9 Å². The molecule has 3 aromatic rings. The molecule has 2 aliphatic rings. The van der Waals surface area contributed by atoms with E-state index >= 15 is 0 Å². The number of hydroxylamine groups is 1. The van der Waals surface area contributed by atoms with Gasteiger partial charge in [0.05, 0.1) is 31.1 Å². The topological polar surface area (TPSA) is 68.3 Å². The number of anilines is 2. The van der Waals surface area contributed by atoms with Crippen molar-refractivity contribution >= 4 is 39.1 Å². The van der Waals surface area contributed by atoms with Gasteiger partial charge in [-0.2, -0.15) is 0 Å². The lowest BCUT2D eigenvalue weighted by molar-refractivity contribution is -0.126. The minimum Gasteiger partial charge on any atom is -0.496 e. The zero-order chi connectivity index (χ0) is 23.8. The maximum atomic E-state index is 13.9. The number of carbonyl (C=O) groups is 2. The molecule has 0 unspecified atom stereocenters. The number of nitrogens with zero attached hydrogens (tertiary/aromatic N) is 2. The van der Waals surface area contributed by atoms with E-state index in [1.165, 1.54) is 4.90 Å². The third-order valence-electron chi connectivity index (χ3n) is 6.04. The Kier molecular flexibility index (Phi) is 6.02. The van der Waals surface area contributed by atoms with Gasteiger partial charge in [0.1, 0.15) is 17.4 Å². The van der Waals surface area contributed by atoms with Crippen LogP contribution in [0.25, 0.3) is 0 Å². The molecule has 0 saturated carbocycles. The van der Waals surface area contributed by atoms with E-state index in [4.69, 9.17) is 14.3 Å². The number of ether oxygens (including phenoxy) is 2. The van der Waals surface area contributed by atoms with Crippen molar-refractivity contribution in [1.82, 2.24) is 0 Å². The molecular formula is C26H23BrN2O5. The third-order valence-corrected chi connectivity index (χ3v) is 6.54.